The van der Waals surface area contributed by atoms with E-state index in [1.807, 2.05) is 0 Å². The monoisotopic (exact) mass is 646 g/mol. The lowest BCUT2D eigenvalue weighted by Gasteiger charge is -2.23. The number of aromatic nitrogens is 5. The van der Waals surface area contributed by atoms with Crippen LogP contribution in [-0.2, 0) is 46.5 Å². The number of aliphatic imine (C=N–C) groups is 1. The van der Waals surface area contributed by atoms with E-state index in [0.717, 1.165) is 10.9 Å². The van der Waals surface area contributed by atoms with Crippen molar-refractivity contribution >= 4 is 53.2 Å². The summed E-state index contributed by atoms with van der Waals surface area (Å²) in [6.07, 6.45) is 3.31. The molecule has 2 aromatic rings. The van der Waals surface area contributed by atoms with Crippen LogP contribution in [0.15, 0.2) is 23.7 Å². The molecule has 0 fully saturated rings. The SMILES string of the molecule is NC(N)=NCCC[C@@H]1NC(=O)[C@H](Cc2cnc[nH]2)NC(=O)CNC(=O)Cn2cc(nn2)NC(=O)[C@H](CC(=O)O)NC(=O)CNC1=O. The Morgan fingerprint density at radius 3 is 2.33 bits per heavy atom. The molecule has 0 aromatic carbocycles. The smallest absolute Gasteiger partial charge is 0.305 e. The van der Waals surface area contributed by atoms with Gasteiger partial charge in [0.15, 0.2) is 11.8 Å². The quantitative estimate of drug-likeness (QED) is 0.0727. The van der Waals surface area contributed by atoms with Crippen LogP contribution in [0.3, 0.4) is 0 Å². The highest BCUT2D eigenvalue weighted by Gasteiger charge is 2.29. The zero-order chi connectivity index (χ0) is 33.6. The summed E-state index contributed by atoms with van der Waals surface area (Å²) in [5, 5.41) is 30.9. The average molecular weight is 647 g/mol. The second-order valence-electron chi connectivity index (χ2n) is 9.91. The van der Waals surface area contributed by atoms with Crippen molar-refractivity contribution in [2.24, 2.45) is 16.5 Å². The summed E-state index contributed by atoms with van der Waals surface area (Å²) < 4.78 is 1.04. The number of carbonyl (C=O) groups is 7. The Labute approximate surface area is 259 Å². The first-order valence-corrected chi connectivity index (χ1v) is 13.8. The molecule has 0 saturated heterocycles. The topological polar surface area (TPSA) is 336 Å². The van der Waals surface area contributed by atoms with Gasteiger partial charge in [0, 0.05) is 24.9 Å². The van der Waals surface area contributed by atoms with E-state index in [-0.39, 0.29) is 37.6 Å². The Kier molecular flexibility index (Phi) is 12.5. The van der Waals surface area contributed by atoms with E-state index in [4.69, 9.17) is 11.5 Å². The van der Waals surface area contributed by atoms with Crippen LogP contribution >= 0.6 is 0 Å². The number of H-pyrrole nitrogens is 1. The summed E-state index contributed by atoms with van der Waals surface area (Å²) in [4.78, 5) is 99.0. The number of hydrogen-bond donors (Lipinski definition) is 10. The number of fused-ring (bicyclic) bond motifs is 2. The van der Waals surface area contributed by atoms with Gasteiger partial charge in [-0.15, -0.1) is 5.10 Å². The molecule has 1 aliphatic heterocycles. The largest absolute Gasteiger partial charge is 0.481 e. The Morgan fingerprint density at radius 1 is 0.935 bits per heavy atom. The highest BCUT2D eigenvalue weighted by Crippen LogP contribution is 2.06. The summed E-state index contributed by atoms with van der Waals surface area (Å²) in [6.45, 7) is -1.54. The Bertz CT molecular complexity index is 1450. The van der Waals surface area contributed by atoms with Crippen molar-refractivity contribution in [3.63, 3.8) is 0 Å². The number of nitrogens with two attached hydrogens (primary N) is 2. The van der Waals surface area contributed by atoms with Gasteiger partial charge in [0.05, 0.1) is 32.0 Å². The van der Waals surface area contributed by atoms with Crippen LogP contribution in [0.25, 0.3) is 0 Å². The molecule has 6 amide bonds. The molecule has 0 spiro atoms. The van der Waals surface area contributed by atoms with Crippen LogP contribution in [0.4, 0.5) is 5.82 Å². The molecule has 22 heteroatoms. The van der Waals surface area contributed by atoms with Crippen LogP contribution < -0.4 is 43.4 Å². The fourth-order valence-corrected chi connectivity index (χ4v) is 4.06. The van der Waals surface area contributed by atoms with E-state index in [1.54, 1.807) is 0 Å². The number of carbonyl (C=O) groups excluding carboxylic acids is 6. The molecule has 0 saturated carbocycles. The predicted molar refractivity (Wildman–Crippen MR) is 155 cm³/mol. The van der Waals surface area contributed by atoms with Crippen molar-refractivity contribution < 1.29 is 38.7 Å². The number of carboxylic acid groups (broad SMARTS) is 1. The van der Waals surface area contributed by atoms with Crippen LogP contribution in [0.2, 0.25) is 0 Å². The second-order valence-corrected chi connectivity index (χ2v) is 9.91. The molecule has 22 nitrogen and oxygen atoms in total. The third kappa shape index (κ3) is 11.5. The number of amides is 6. The number of nitrogens with zero attached hydrogens (tertiary/aromatic N) is 5. The summed E-state index contributed by atoms with van der Waals surface area (Å²) in [6, 6.07) is -4.06. The molecular weight excluding hydrogens is 612 g/mol. The van der Waals surface area contributed by atoms with Crippen molar-refractivity contribution in [1.82, 2.24) is 51.5 Å². The number of guanidine groups is 1. The van der Waals surface area contributed by atoms with Crippen molar-refractivity contribution in [3.05, 3.63) is 24.4 Å². The summed E-state index contributed by atoms with van der Waals surface area (Å²) in [7, 11) is 0. The third-order valence-electron chi connectivity index (χ3n) is 6.20. The average Bonchev–Trinajstić information content (AvgIpc) is 3.66. The number of hydrogen-bond acceptors (Lipinski definition) is 11. The molecule has 46 heavy (non-hydrogen) atoms. The van der Waals surface area contributed by atoms with Gasteiger partial charge in [0.1, 0.15) is 24.7 Å². The highest BCUT2D eigenvalue weighted by molar-refractivity contribution is 5.99. The third-order valence-corrected chi connectivity index (χ3v) is 6.20. The van der Waals surface area contributed by atoms with Crippen molar-refractivity contribution in [2.45, 2.75) is 50.4 Å². The van der Waals surface area contributed by atoms with Crippen LogP contribution in [0, 0.1) is 0 Å². The zero-order valence-electron chi connectivity index (χ0n) is 24.3. The number of nitrogens with one attached hydrogen (secondary N) is 7. The molecule has 3 atom stereocenters. The molecule has 0 aliphatic carbocycles. The minimum absolute atomic E-state index is 0.000956. The fourth-order valence-electron chi connectivity index (χ4n) is 4.06. The maximum Gasteiger partial charge on any atom is 0.305 e. The van der Waals surface area contributed by atoms with E-state index in [0.29, 0.717) is 5.69 Å². The molecule has 12 N–H and O–H groups in total. The van der Waals surface area contributed by atoms with Crippen LogP contribution in [0.5, 0.6) is 0 Å². The van der Waals surface area contributed by atoms with Gasteiger partial charge in [0.2, 0.25) is 35.4 Å². The predicted octanol–water partition coefficient (Wildman–Crippen LogP) is -5.59. The number of rotatable bonds is 8. The number of carboxylic acids is 1. The first-order chi connectivity index (χ1) is 21.9. The highest BCUT2D eigenvalue weighted by atomic mass is 16.4. The maximum absolute atomic E-state index is 13.4. The lowest BCUT2D eigenvalue weighted by molar-refractivity contribution is -0.140. The first kappa shape index (κ1) is 34.4. The maximum atomic E-state index is 13.4. The molecule has 0 radical (unpaired) electrons. The first-order valence-electron chi connectivity index (χ1n) is 13.8. The Morgan fingerprint density at radius 2 is 1.65 bits per heavy atom. The van der Waals surface area contributed by atoms with E-state index in [2.05, 4.69) is 57.2 Å². The number of aliphatic carboxylic acids is 1. The molecular formula is C24H34N14O8. The standard InChI is InChI=1S/C24H34N14O8/c25-24(26)28-3-1-2-13-21(44)30-8-18(40)33-15(5-20(42)43)23(46)35-16-9-38(37-36-16)10-19(41)29-7-17(39)32-14(22(45)34-13)4-12-6-27-11-31-12/h6,9,11,13-15H,1-5,7-8,10H2,(H,27,31)(H,29,41)(H,30,44)(H,32,39)(H,33,40)(H,34,45)(H,35,46)(H,42,43)(H4,25,26,28)/t13-,14-,15-/m0/s1. The molecule has 2 bridgehead atoms. The second kappa shape index (κ2) is 16.7. The summed E-state index contributed by atoms with van der Waals surface area (Å²) in [5.41, 5.74) is 11.2. The van der Waals surface area contributed by atoms with Crippen molar-refractivity contribution in [1.29, 1.82) is 0 Å². The normalized spacial score (nSPS) is 20.5. The van der Waals surface area contributed by atoms with E-state index in [1.165, 1.54) is 12.5 Å². The lowest BCUT2D eigenvalue weighted by atomic mass is 10.1. The minimum atomic E-state index is -1.58. The van der Waals surface area contributed by atoms with Crippen molar-refractivity contribution in [3.8, 4) is 0 Å². The van der Waals surface area contributed by atoms with Crippen LogP contribution in [-0.4, -0.2) is 115 Å². The summed E-state index contributed by atoms with van der Waals surface area (Å²) >= 11 is 0. The Hall–Kier alpha value is -6.09. The van der Waals surface area contributed by atoms with Gasteiger partial charge in [-0.25, -0.2) is 9.67 Å². The van der Waals surface area contributed by atoms with Gasteiger partial charge in [-0.2, -0.15) is 0 Å². The molecule has 0 unspecified atom stereocenters. The van der Waals surface area contributed by atoms with Crippen molar-refractivity contribution in [2.75, 3.05) is 25.0 Å². The van der Waals surface area contributed by atoms with Gasteiger partial charge >= 0.3 is 5.97 Å². The molecule has 3 heterocycles. The number of aromatic amines is 1. The molecule has 3 rings (SSSR count). The van der Waals surface area contributed by atoms with Gasteiger partial charge in [-0.05, 0) is 12.8 Å². The van der Waals surface area contributed by atoms with E-state index < -0.39 is 85.6 Å². The van der Waals surface area contributed by atoms with E-state index >= 15 is 0 Å². The molecule has 248 valence electrons. The lowest BCUT2D eigenvalue weighted by Crippen LogP contribution is -2.56. The number of imidazole rings is 1. The summed E-state index contributed by atoms with van der Waals surface area (Å²) in [5.74, 6) is -6.64. The van der Waals surface area contributed by atoms with Gasteiger partial charge < -0.3 is 53.5 Å². The van der Waals surface area contributed by atoms with E-state index in [9.17, 15) is 38.7 Å². The van der Waals surface area contributed by atoms with Gasteiger partial charge in [0.25, 0.3) is 0 Å². The minimum Gasteiger partial charge on any atom is -0.481 e. The van der Waals surface area contributed by atoms with Crippen LogP contribution in [0.1, 0.15) is 25.0 Å². The number of anilines is 1. The van der Waals surface area contributed by atoms with Gasteiger partial charge in [-0.1, -0.05) is 5.21 Å². The zero-order valence-corrected chi connectivity index (χ0v) is 24.3. The molecule has 1 aliphatic rings. The molecule has 2 aromatic heterocycles. The Balaban J connectivity index is 1.86. The fraction of sp³-hybridized carbons (Fsp3) is 0.458. The van der Waals surface area contributed by atoms with Gasteiger partial charge in [-0.3, -0.25) is 38.6 Å².